The first-order valence-corrected chi connectivity index (χ1v) is 6.66. The molecule has 3 nitrogen and oxygen atoms in total. The van der Waals surface area contributed by atoms with E-state index in [0.717, 1.165) is 34.5 Å². The van der Waals surface area contributed by atoms with Crippen LogP contribution in [0.3, 0.4) is 0 Å². The largest absolute Gasteiger partial charge is 0.454 e. The summed E-state index contributed by atoms with van der Waals surface area (Å²) in [5, 5.41) is 0. The molecule has 0 atom stereocenters. The standard InChI is InChI=1S/C13H13BrFNO2/c14-11-5-13-12(17-8-18-13)4-9(11)6-16-3-1-2-10(15)7-16/h2,4-5H,1,3,6-8H2. The van der Waals surface area contributed by atoms with Crippen molar-refractivity contribution in [1.29, 1.82) is 0 Å². The summed E-state index contributed by atoms with van der Waals surface area (Å²) in [5.41, 5.74) is 1.09. The average molecular weight is 314 g/mol. The van der Waals surface area contributed by atoms with Gasteiger partial charge in [0.1, 0.15) is 5.83 Å². The van der Waals surface area contributed by atoms with Crippen LogP contribution in [0.5, 0.6) is 11.5 Å². The SMILES string of the molecule is FC1=CCCN(Cc2cc3c(cc2Br)OCO3)C1. The van der Waals surface area contributed by atoms with Crippen molar-refractivity contribution in [2.75, 3.05) is 19.9 Å². The maximum Gasteiger partial charge on any atom is 0.231 e. The lowest BCUT2D eigenvalue weighted by molar-refractivity contribution is 0.174. The Morgan fingerprint density at radius 3 is 2.83 bits per heavy atom. The molecule has 0 N–H and O–H groups in total. The van der Waals surface area contributed by atoms with E-state index in [-0.39, 0.29) is 12.6 Å². The average Bonchev–Trinajstić information content (AvgIpc) is 2.76. The Balaban J connectivity index is 1.78. The Labute approximate surface area is 113 Å². The van der Waals surface area contributed by atoms with Gasteiger partial charge in [-0.25, -0.2) is 4.39 Å². The number of rotatable bonds is 2. The van der Waals surface area contributed by atoms with Crippen molar-refractivity contribution < 1.29 is 13.9 Å². The van der Waals surface area contributed by atoms with Crippen molar-refractivity contribution in [3.63, 3.8) is 0 Å². The molecule has 0 saturated carbocycles. The minimum absolute atomic E-state index is 0.0434. The molecule has 0 unspecified atom stereocenters. The minimum atomic E-state index is -0.0434. The maximum atomic E-state index is 13.2. The topological polar surface area (TPSA) is 21.7 Å². The third-order valence-corrected chi connectivity index (χ3v) is 3.86. The molecule has 1 aromatic carbocycles. The van der Waals surface area contributed by atoms with Crippen molar-refractivity contribution in [3.8, 4) is 11.5 Å². The summed E-state index contributed by atoms with van der Waals surface area (Å²) in [6.45, 7) is 2.25. The van der Waals surface area contributed by atoms with Gasteiger partial charge in [0.25, 0.3) is 0 Å². The summed E-state index contributed by atoms with van der Waals surface area (Å²) in [5.74, 6) is 1.48. The summed E-state index contributed by atoms with van der Waals surface area (Å²) < 4.78 is 24.9. The van der Waals surface area contributed by atoms with Gasteiger partial charge in [-0.1, -0.05) is 22.0 Å². The van der Waals surface area contributed by atoms with Crippen LogP contribution in [0.15, 0.2) is 28.5 Å². The Bertz CT molecular complexity index is 504. The molecule has 0 radical (unpaired) electrons. The molecule has 2 heterocycles. The number of hydrogen-bond acceptors (Lipinski definition) is 3. The van der Waals surface area contributed by atoms with Gasteiger partial charge in [-0.05, 0) is 24.1 Å². The van der Waals surface area contributed by atoms with Crippen LogP contribution in [0.4, 0.5) is 4.39 Å². The van der Waals surface area contributed by atoms with E-state index in [0.29, 0.717) is 13.1 Å². The van der Waals surface area contributed by atoms with E-state index in [9.17, 15) is 4.39 Å². The van der Waals surface area contributed by atoms with Crippen LogP contribution in [0.25, 0.3) is 0 Å². The van der Waals surface area contributed by atoms with Crippen LogP contribution >= 0.6 is 15.9 Å². The van der Waals surface area contributed by atoms with E-state index in [1.807, 2.05) is 12.1 Å². The van der Waals surface area contributed by atoms with E-state index in [4.69, 9.17) is 9.47 Å². The third kappa shape index (κ3) is 2.37. The number of ether oxygens (including phenoxy) is 2. The Morgan fingerprint density at radius 1 is 1.28 bits per heavy atom. The van der Waals surface area contributed by atoms with Gasteiger partial charge in [0, 0.05) is 17.6 Å². The smallest absolute Gasteiger partial charge is 0.231 e. The molecule has 0 bridgehead atoms. The first kappa shape index (κ1) is 12.0. The van der Waals surface area contributed by atoms with Gasteiger partial charge in [-0.3, -0.25) is 4.90 Å². The zero-order chi connectivity index (χ0) is 12.5. The normalized spacial score (nSPS) is 18.9. The molecule has 96 valence electrons. The van der Waals surface area contributed by atoms with Crippen LogP contribution in [0.2, 0.25) is 0 Å². The second-order valence-electron chi connectivity index (χ2n) is 4.45. The summed E-state index contributed by atoms with van der Waals surface area (Å²) >= 11 is 3.52. The number of nitrogens with zero attached hydrogens (tertiary/aromatic N) is 1. The molecule has 0 amide bonds. The molecule has 1 aromatic rings. The van der Waals surface area contributed by atoms with Crippen LogP contribution in [0, 0.1) is 0 Å². The van der Waals surface area contributed by atoms with Crippen molar-refractivity contribution in [2.24, 2.45) is 0 Å². The summed E-state index contributed by atoms with van der Waals surface area (Å²) in [4.78, 5) is 2.08. The van der Waals surface area contributed by atoms with E-state index >= 15 is 0 Å². The lowest BCUT2D eigenvalue weighted by atomic mass is 10.1. The second-order valence-corrected chi connectivity index (χ2v) is 5.30. The van der Waals surface area contributed by atoms with E-state index in [1.54, 1.807) is 6.08 Å². The maximum absolute atomic E-state index is 13.2. The number of benzene rings is 1. The highest BCUT2D eigenvalue weighted by molar-refractivity contribution is 9.10. The zero-order valence-corrected chi connectivity index (χ0v) is 11.4. The van der Waals surface area contributed by atoms with Gasteiger partial charge in [0.15, 0.2) is 11.5 Å². The molecule has 2 aliphatic heterocycles. The van der Waals surface area contributed by atoms with E-state index in [2.05, 4.69) is 20.8 Å². The highest BCUT2D eigenvalue weighted by atomic mass is 79.9. The van der Waals surface area contributed by atoms with E-state index < -0.39 is 0 Å². The van der Waals surface area contributed by atoms with Gasteiger partial charge in [0.2, 0.25) is 6.79 Å². The van der Waals surface area contributed by atoms with Gasteiger partial charge in [0.05, 0.1) is 6.54 Å². The van der Waals surface area contributed by atoms with Gasteiger partial charge in [-0.2, -0.15) is 0 Å². The lowest BCUT2D eigenvalue weighted by Crippen LogP contribution is -2.28. The molecule has 2 aliphatic rings. The number of hydrogen-bond donors (Lipinski definition) is 0. The predicted octanol–water partition coefficient (Wildman–Crippen LogP) is 3.24. The molecule has 0 aliphatic carbocycles. The fourth-order valence-electron chi connectivity index (χ4n) is 2.22. The van der Waals surface area contributed by atoms with Crippen LogP contribution in [0.1, 0.15) is 12.0 Å². The number of halogens is 2. The molecule has 0 spiro atoms. The van der Waals surface area contributed by atoms with Crippen LogP contribution in [-0.4, -0.2) is 24.8 Å². The molecule has 18 heavy (non-hydrogen) atoms. The van der Waals surface area contributed by atoms with Crippen molar-refractivity contribution >= 4 is 15.9 Å². The Morgan fingerprint density at radius 2 is 2.06 bits per heavy atom. The van der Waals surface area contributed by atoms with Gasteiger partial charge in [-0.15, -0.1) is 0 Å². The molecule has 0 saturated heterocycles. The highest BCUT2D eigenvalue weighted by Gasteiger charge is 2.19. The molecular formula is C13H13BrFNO2. The van der Waals surface area contributed by atoms with Gasteiger partial charge < -0.3 is 9.47 Å². The Hall–Kier alpha value is -1.07. The van der Waals surface area contributed by atoms with Crippen molar-refractivity contribution in [3.05, 3.63) is 34.1 Å². The highest BCUT2D eigenvalue weighted by Crippen LogP contribution is 2.37. The van der Waals surface area contributed by atoms with Crippen molar-refractivity contribution in [1.82, 2.24) is 4.90 Å². The monoisotopic (exact) mass is 313 g/mol. The summed E-state index contributed by atoms with van der Waals surface area (Å²) in [6.07, 6.45) is 2.43. The summed E-state index contributed by atoms with van der Waals surface area (Å²) in [7, 11) is 0. The van der Waals surface area contributed by atoms with Crippen molar-refractivity contribution in [2.45, 2.75) is 13.0 Å². The fourth-order valence-corrected chi connectivity index (χ4v) is 2.67. The third-order valence-electron chi connectivity index (χ3n) is 3.12. The molecular weight excluding hydrogens is 301 g/mol. The molecule has 0 aromatic heterocycles. The summed E-state index contributed by atoms with van der Waals surface area (Å²) in [6, 6.07) is 3.87. The molecule has 0 fully saturated rings. The quantitative estimate of drug-likeness (QED) is 0.836. The van der Waals surface area contributed by atoms with Gasteiger partial charge >= 0.3 is 0 Å². The lowest BCUT2D eigenvalue weighted by Gasteiger charge is -2.24. The van der Waals surface area contributed by atoms with Crippen LogP contribution in [-0.2, 0) is 6.54 Å². The van der Waals surface area contributed by atoms with E-state index in [1.165, 1.54) is 0 Å². The second kappa shape index (κ2) is 4.90. The van der Waals surface area contributed by atoms with Crippen LogP contribution < -0.4 is 9.47 Å². The molecule has 5 heteroatoms. The first-order chi connectivity index (χ1) is 8.72. The number of fused-ring (bicyclic) bond motifs is 1. The predicted molar refractivity (Wildman–Crippen MR) is 69.4 cm³/mol. The first-order valence-electron chi connectivity index (χ1n) is 5.87. The molecule has 3 rings (SSSR count). The Kier molecular flexibility index (Phi) is 3.26. The zero-order valence-electron chi connectivity index (χ0n) is 9.79. The minimum Gasteiger partial charge on any atom is -0.454 e. The fraction of sp³-hybridized carbons (Fsp3) is 0.385.